The number of carbonyl (C=O) groups excluding carboxylic acids is 1. The van der Waals surface area contributed by atoms with Gasteiger partial charge in [0.15, 0.2) is 0 Å². The fourth-order valence-electron chi connectivity index (χ4n) is 3.08. The lowest BCUT2D eigenvalue weighted by Gasteiger charge is -2.21. The summed E-state index contributed by atoms with van der Waals surface area (Å²) in [5, 5.41) is 0. The molecular formula is C17H15N3O. The van der Waals surface area contributed by atoms with Crippen LogP contribution in [0.5, 0.6) is 0 Å². The molecule has 3 aromatic rings. The van der Waals surface area contributed by atoms with Gasteiger partial charge in [0.1, 0.15) is 5.69 Å². The SMILES string of the molecule is CC1Cc2ccccc2N1C(=O)c1cc2ncccc2[nH]1. The molecule has 0 saturated heterocycles. The zero-order valence-electron chi connectivity index (χ0n) is 11.7. The first-order valence-corrected chi connectivity index (χ1v) is 7.09. The Labute approximate surface area is 122 Å². The molecule has 0 radical (unpaired) electrons. The van der Waals surface area contributed by atoms with E-state index in [0.29, 0.717) is 5.69 Å². The Hall–Kier alpha value is -2.62. The lowest BCUT2D eigenvalue weighted by molar-refractivity contribution is 0.0977. The lowest BCUT2D eigenvalue weighted by Crippen LogP contribution is -2.35. The van der Waals surface area contributed by atoms with Gasteiger partial charge in [-0.15, -0.1) is 0 Å². The number of amides is 1. The number of H-pyrrole nitrogens is 1. The molecule has 1 aromatic carbocycles. The van der Waals surface area contributed by atoms with Gasteiger partial charge in [-0.25, -0.2) is 0 Å². The molecule has 104 valence electrons. The van der Waals surface area contributed by atoms with Crippen molar-refractivity contribution in [1.29, 1.82) is 0 Å². The van der Waals surface area contributed by atoms with Crippen LogP contribution in [0.1, 0.15) is 23.0 Å². The van der Waals surface area contributed by atoms with E-state index in [2.05, 4.69) is 23.0 Å². The van der Waals surface area contributed by atoms with Crippen molar-refractivity contribution in [3.63, 3.8) is 0 Å². The number of hydrogen-bond acceptors (Lipinski definition) is 2. The van der Waals surface area contributed by atoms with Crippen LogP contribution in [0.3, 0.4) is 0 Å². The van der Waals surface area contributed by atoms with Gasteiger partial charge >= 0.3 is 0 Å². The van der Waals surface area contributed by atoms with Crippen molar-refractivity contribution in [3.8, 4) is 0 Å². The van der Waals surface area contributed by atoms with Gasteiger partial charge in [0.05, 0.1) is 11.0 Å². The van der Waals surface area contributed by atoms with Crippen LogP contribution in [-0.4, -0.2) is 21.9 Å². The van der Waals surface area contributed by atoms with E-state index in [1.54, 1.807) is 6.20 Å². The minimum absolute atomic E-state index is 0.00505. The monoisotopic (exact) mass is 277 g/mol. The van der Waals surface area contributed by atoms with Crippen LogP contribution >= 0.6 is 0 Å². The normalized spacial score (nSPS) is 17.2. The first-order valence-electron chi connectivity index (χ1n) is 7.09. The molecule has 4 rings (SSSR count). The Morgan fingerprint density at radius 3 is 3.00 bits per heavy atom. The van der Waals surface area contributed by atoms with Gasteiger partial charge in [0, 0.05) is 17.9 Å². The van der Waals surface area contributed by atoms with Crippen LogP contribution in [0.4, 0.5) is 5.69 Å². The standard InChI is InChI=1S/C17H15N3O/c1-11-9-12-5-2-3-7-16(12)20(11)17(21)15-10-14-13(19-15)6-4-8-18-14/h2-8,10-11,19H,9H2,1H3. The number of para-hydroxylation sites is 1. The summed E-state index contributed by atoms with van der Waals surface area (Å²) in [5.41, 5.74) is 4.54. The highest BCUT2D eigenvalue weighted by Gasteiger charge is 2.31. The third-order valence-corrected chi connectivity index (χ3v) is 4.05. The van der Waals surface area contributed by atoms with E-state index in [-0.39, 0.29) is 11.9 Å². The average molecular weight is 277 g/mol. The van der Waals surface area contributed by atoms with Crippen molar-refractivity contribution in [2.24, 2.45) is 0 Å². The van der Waals surface area contributed by atoms with Gasteiger partial charge in [-0.05, 0) is 43.2 Å². The van der Waals surface area contributed by atoms with Crippen LogP contribution in [0.25, 0.3) is 11.0 Å². The van der Waals surface area contributed by atoms with E-state index in [1.807, 2.05) is 41.3 Å². The van der Waals surface area contributed by atoms with Gasteiger partial charge < -0.3 is 9.88 Å². The van der Waals surface area contributed by atoms with Crippen LogP contribution in [0.2, 0.25) is 0 Å². The highest BCUT2D eigenvalue weighted by atomic mass is 16.2. The first kappa shape index (κ1) is 12.1. The number of fused-ring (bicyclic) bond motifs is 2. The van der Waals surface area contributed by atoms with E-state index in [4.69, 9.17) is 0 Å². The molecule has 1 atom stereocenters. The van der Waals surface area contributed by atoms with Crippen molar-refractivity contribution in [2.45, 2.75) is 19.4 Å². The summed E-state index contributed by atoms with van der Waals surface area (Å²) in [6.07, 6.45) is 2.64. The number of pyridine rings is 1. The van der Waals surface area contributed by atoms with Crippen molar-refractivity contribution >= 4 is 22.6 Å². The van der Waals surface area contributed by atoms with Crippen molar-refractivity contribution in [3.05, 3.63) is 59.9 Å². The van der Waals surface area contributed by atoms with Crippen LogP contribution < -0.4 is 4.90 Å². The zero-order valence-corrected chi connectivity index (χ0v) is 11.7. The van der Waals surface area contributed by atoms with Crippen LogP contribution in [0, 0.1) is 0 Å². The molecule has 21 heavy (non-hydrogen) atoms. The van der Waals surface area contributed by atoms with E-state index in [9.17, 15) is 4.79 Å². The Morgan fingerprint density at radius 1 is 1.29 bits per heavy atom. The topological polar surface area (TPSA) is 49.0 Å². The molecule has 0 bridgehead atoms. The Bertz CT molecular complexity index is 804. The number of aromatic amines is 1. The highest BCUT2D eigenvalue weighted by molar-refractivity contribution is 6.08. The predicted molar refractivity (Wildman–Crippen MR) is 82.5 cm³/mol. The van der Waals surface area contributed by atoms with E-state index in [1.165, 1.54) is 5.56 Å². The van der Waals surface area contributed by atoms with Gasteiger partial charge in [-0.2, -0.15) is 0 Å². The second-order valence-electron chi connectivity index (χ2n) is 5.48. The van der Waals surface area contributed by atoms with Gasteiger partial charge in [-0.3, -0.25) is 9.78 Å². The number of aromatic nitrogens is 2. The zero-order chi connectivity index (χ0) is 14.4. The number of nitrogens with one attached hydrogen (secondary N) is 1. The molecule has 1 N–H and O–H groups in total. The summed E-state index contributed by atoms with van der Waals surface area (Å²) in [7, 11) is 0. The molecule has 0 saturated carbocycles. The quantitative estimate of drug-likeness (QED) is 0.742. The number of hydrogen-bond donors (Lipinski definition) is 1. The number of nitrogens with zero attached hydrogens (tertiary/aromatic N) is 2. The largest absolute Gasteiger partial charge is 0.349 e. The molecule has 1 aliphatic heterocycles. The minimum Gasteiger partial charge on any atom is -0.349 e. The smallest absolute Gasteiger partial charge is 0.275 e. The summed E-state index contributed by atoms with van der Waals surface area (Å²) in [5.74, 6) is 0.00505. The summed E-state index contributed by atoms with van der Waals surface area (Å²) in [6, 6.07) is 13.9. The summed E-state index contributed by atoms with van der Waals surface area (Å²) in [4.78, 5) is 22.2. The number of carbonyl (C=O) groups is 1. The number of rotatable bonds is 1. The first-order chi connectivity index (χ1) is 10.2. The van der Waals surface area contributed by atoms with Gasteiger partial charge in [0.2, 0.25) is 0 Å². The molecule has 1 aliphatic rings. The van der Waals surface area contributed by atoms with Gasteiger partial charge in [-0.1, -0.05) is 18.2 Å². The Balaban J connectivity index is 1.77. The fourth-order valence-corrected chi connectivity index (χ4v) is 3.08. The third-order valence-electron chi connectivity index (χ3n) is 4.05. The van der Waals surface area contributed by atoms with Crippen LogP contribution in [-0.2, 0) is 6.42 Å². The molecule has 2 aromatic heterocycles. The predicted octanol–water partition coefficient (Wildman–Crippen LogP) is 3.15. The summed E-state index contributed by atoms with van der Waals surface area (Å²) in [6.45, 7) is 2.08. The summed E-state index contributed by atoms with van der Waals surface area (Å²) < 4.78 is 0. The van der Waals surface area contributed by atoms with E-state index >= 15 is 0 Å². The van der Waals surface area contributed by atoms with Crippen molar-refractivity contribution in [1.82, 2.24) is 9.97 Å². The molecule has 4 nitrogen and oxygen atoms in total. The Morgan fingerprint density at radius 2 is 2.14 bits per heavy atom. The minimum atomic E-state index is 0.00505. The second kappa shape index (κ2) is 4.45. The fraction of sp³-hybridized carbons (Fsp3) is 0.176. The molecule has 0 fully saturated rings. The molecular weight excluding hydrogens is 262 g/mol. The Kier molecular flexibility index (Phi) is 2.57. The number of benzene rings is 1. The number of anilines is 1. The van der Waals surface area contributed by atoms with Crippen molar-refractivity contribution < 1.29 is 4.79 Å². The van der Waals surface area contributed by atoms with Crippen LogP contribution in [0.15, 0.2) is 48.7 Å². The molecule has 0 spiro atoms. The molecule has 1 unspecified atom stereocenters. The van der Waals surface area contributed by atoms with E-state index < -0.39 is 0 Å². The maximum Gasteiger partial charge on any atom is 0.275 e. The molecule has 4 heteroatoms. The second-order valence-corrected chi connectivity index (χ2v) is 5.48. The molecule has 1 amide bonds. The molecule has 0 aliphatic carbocycles. The van der Waals surface area contributed by atoms with E-state index in [0.717, 1.165) is 23.1 Å². The van der Waals surface area contributed by atoms with Crippen molar-refractivity contribution in [2.75, 3.05) is 4.90 Å². The summed E-state index contributed by atoms with van der Waals surface area (Å²) >= 11 is 0. The van der Waals surface area contributed by atoms with Gasteiger partial charge in [0.25, 0.3) is 5.91 Å². The maximum absolute atomic E-state index is 12.9. The average Bonchev–Trinajstić information content (AvgIpc) is 3.06. The highest BCUT2D eigenvalue weighted by Crippen LogP contribution is 2.33. The third kappa shape index (κ3) is 1.83. The maximum atomic E-state index is 12.9. The molecule has 3 heterocycles. The lowest BCUT2D eigenvalue weighted by atomic mass is 10.1.